The molecule has 0 saturated heterocycles. The van der Waals surface area contributed by atoms with Crippen molar-refractivity contribution in [2.45, 2.75) is 97.6 Å². The highest BCUT2D eigenvalue weighted by Crippen LogP contribution is 2.37. The molecule has 11 heteroatoms. The SMILES string of the molecule is CCCCC(O)C(O)COc1ccc(-c2nc(-c3ccc(OCC(O)C(O)CCCC)cc3O)nc(-c3c(C)cc(C)cc3C)n2)c(O)c1. The Morgan fingerprint density at radius 2 is 0.980 bits per heavy atom. The van der Waals surface area contributed by atoms with Gasteiger partial charge < -0.3 is 40.1 Å². The molecule has 264 valence electrons. The first-order valence-electron chi connectivity index (χ1n) is 16.9. The van der Waals surface area contributed by atoms with Crippen LogP contribution in [0.3, 0.4) is 0 Å². The van der Waals surface area contributed by atoms with Gasteiger partial charge in [0.2, 0.25) is 0 Å². The fraction of sp³-hybridized carbons (Fsp3) is 0.447. The first-order valence-corrected chi connectivity index (χ1v) is 16.9. The third-order valence-corrected chi connectivity index (χ3v) is 8.39. The maximum Gasteiger partial charge on any atom is 0.167 e. The molecule has 1 aromatic heterocycles. The molecule has 0 aliphatic carbocycles. The van der Waals surface area contributed by atoms with Gasteiger partial charge >= 0.3 is 0 Å². The molecule has 1 heterocycles. The van der Waals surface area contributed by atoms with Crippen LogP contribution in [-0.2, 0) is 0 Å². The quantitative estimate of drug-likeness (QED) is 0.0798. The van der Waals surface area contributed by atoms with Gasteiger partial charge in [-0.1, -0.05) is 57.2 Å². The highest BCUT2D eigenvalue weighted by atomic mass is 16.5. The normalized spacial score (nSPS) is 13.9. The molecule has 4 atom stereocenters. The smallest absolute Gasteiger partial charge is 0.167 e. The third kappa shape index (κ3) is 9.88. The maximum absolute atomic E-state index is 11.1. The lowest BCUT2D eigenvalue weighted by Crippen LogP contribution is -2.31. The van der Waals surface area contributed by atoms with E-state index in [2.05, 4.69) is 4.98 Å². The van der Waals surface area contributed by atoms with Gasteiger partial charge in [-0.3, -0.25) is 0 Å². The average molecular weight is 676 g/mol. The zero-order valence-corrected chi connectivity index (χ0v) is 28.9. The minimum atomic E-state index is -1.07. The van der Waals surface area contributed by atoms with Crippen LogP contribution in [-0.4, -0.2) is 83.2 Å². The molecular weight excluding hydrogens is 626 g/mol. The number of nitrogens with zero attached hydrogens (tertiary/aromatic N) is 3. The van der Waals surface area contributed by atoms with Gasteiger partial charge in [0.1, 0.15) is 48.4 Å². The summed E-state index contributed by atoms with van der Waals surface area (Å²) in [6.45, 7) is 9.66. The van der Waals surface area contributed by atoms with E-state index >= 15 is 0 Å². The molecule has 4 aromatic rings. The topological polar surface area (TPSA) is 179 Å². The van der Waals surface area contributed by atoms with Gasteiger partial charge in [-0.25, -0.2) is 15.0 Å². The zero-order chi connectivity index (χ0) is 35.7. The predicted molar refractivity (Wildman–Crippen MR) is 188 cm³/mol. The van der Waals surface area contributed by atoms with Gasteiger partial charge in [-0.2, -0.15) is 0 Å². The lowest BCUT2D eigenvalue weighted by molar-refractivity contribution is -0.0124. The fourth-order valence-corrected chi connectivity index (χ4v) is 5.64. The Bertz CT molecular complexity index is 1580. The minimum Gasteiger partial charge on any atom is -0.507 e. The molecule has 0 aliphatic rings. The molecular formula is C38H49N3O8. The van der Waals surface area contributed by atoms with Crippen LogP contribution in [0.5, 0.6) is 23.0 Å². The Labute approximate surface area is 287 Å². The van der Waals surface area contributed by atoms with Crippen LogP contribution >= 0.6 is 0 Å². The summed E-state index contributed by atoms with van der Waals surface area (Å²) in [6.07, 6.45) is 0.346. The van der Waals surface area contributed by atoms with E-state index in [0.717, 1.165) is 47.9 Å². The number of aryl methyl sites for hydroxylation is 3. The van der Waals surface area contributed by atoms with Crippen molar-refractivity contribution < 1.29 is 40.1 Å². The Morgan fingerprint density at radius 3 is 1.37 bits per heavy atom. The first-order chi connectivity index (χ1) is 23.4. The molecule has 0 amide bonds. The summed E-state index contributed by atoms with van der Waals surface area (Å²) >= 11 is 0. The number of benzene rings is 3. The lowest BCUT2D eigenvalue weighted by atomic mass is 9.99. The van der Waals surface area contributed by atoms with E-state index in [1.807, 2.05) is 46.8 Å². The van der Waals surface area contributed by atoms with Crippen LogP contribution < -0.4 is 9.47 Å². The van der Waals surface area contributed by atoms with E-state index in [0.29, 0.717) is 41.3 Å². The standard InChI is InChI=1S/C38H49N3O8/c1-6-8-10-29(42)33(46)20-48-25-12-14-27(31(44)18-25)36-39-37(41-38(40-36)35-23(4)16-22(3)17-24(35)5)28-15-13-26(19-32(28)45)49-21-34(47)30(43)11-9-7-2/h12-19,29-30,33-34,42-47H,6-11,20-21H2,1-5H3. The van der Waals surface area contributed by atoms with E-state index in [1.54, 1.807) is 24.3 Å². The summed E-state index contributed by atoms with van der Waals surface area (Å²) < 4.78 is 11.3. The van der Waals surface area contributed by atoms with Crippen molar-refractivity contribution >= 4 is 0 Å². The molecule has 4 unspecified atom stereocenters. The highest BCUT2D eigenvalue weighted by molar-refractivity contribution is 5.74. The van der Waals surface area contributed by atoms with Crippen LogP contribution in [0.15, 0.2) is 48.5 Å². The van der Waals surface area contributed by atoms with Crippen molar-refractivity contribution in [3.8, 4) is 57.2 Å². The molecule has 0 radical (unpaired) electrons. The number of aromatic hydroxyl groups is 2. The van der Waals surface area contributed by atoms with Crippen LogP contribution in [0.25, 0.3) is 34.2 Å². The zero-order valence-electron chi connectivity index (χ0n) is 28.9. The van der Waals surface area contributed by atoms with Crippen LogP contribution in [0, 0.1) is 20.8 Å². The second-order valence-electron chi connectivity index (χ2n) is 12.6. The summed E-state index contributed by atoms with van der Waals surface area (Å²) in [6, 6.07) is 13.3. The van der Waals surface area contributed by atoms with Crippen LogP contribution in [0.2, 0.25) is 0 Å². The van der Waals surface area contributed by atoms with Crippen molar-refractivity contribution in [1.29, 1.82) is 0 Å². The van der Waals surface area contributed by atoms with Crippen molar-refractivity contribution in [3.63, 3.8) is 0 Å². The second kappa shape index (κ2) is 17.4. The number of hydrogen-bond acceptors (Lipinski definition) is 11. The molecule has 0 saturated carbocycles. The number of aliphatic hydroxyl groups is 4. The first kappa shape index (κ1) is 37.5. The minimum absolute atomic E-state index is 0.146. The van der Waals surface area contributed by atoms with Crippen molar-refractivity contribution in [3.05, 3.63) is 65.2 Å². The number of hydrogen-bond donors (Lipinski definition) is 6. The van der Waals surface area contributed by atoms with E-state index in [1.165, 1.54) is 12.1 Å². The summed E-state index contributed by atoms with van der Waals surface area (Å²) in [5, 5.41) is 63.0. The summed E-state index contributed by atoms with van der Waals surface area (Å²) in [5.41, 5.74) is 4.35. The number of aromatic nitrogens is 3. The van der Waals surface area contributed by atoms with Gasteiger partial charge in [0.05, 0.1) is 23.3 Å². The van der Waals surface area contributed by atoms with Crippen molar-refractivity contribution in [2.24, 2.45) is 0 Å². The summed E-state index contributed by atoms with van der Waals surface area (Å²) in [7, 11) is 0. The Kier molecular flexibility index (Phi) is 13.3. The fourth-order valence-electron chi connectivity index (χ4n) is 5.64. The van der Waals surface area contributed by atoms with Crippen LogP contribution in [0.1, 0.15) is 69.1 Å². The van der Waals surface area contributed by atoms with Crippen LogP contribution in [0.4, 0.5) is 0 Å². The molecule has 0 fully saturated rings. The monoisotopic (exact) mass is 675 g/mol. The highest BCUT2D eigenvalue weighted by Gasteiger charge is 2.21. The largest absolute Gasteiger partial charge is 0.507 e. The number of phenols is 2. The van der Waals surface area contributed by atoms with Gasteiger partial charge in [0.15, 0.2) is 17.5 Å². The Hall–Kier alpha value is -4.29. The van der Waals surface area contributed by atoms with E-state index in [9.17, 15) is 30.6 Å². The summed E-state index contributed by atoms with van der Waals surface area (Å²) in [4.78, 5) is 14.1. The van der Waals surface area contributed by atoms with Gasteiger partial charge in [0.25, 0.3) is 0 Å². The Balaban J connectivity index is 1.67. The summed E-state index contributed by atoms with van der Waals surface area (Å²) in [5.74, 6) is 0.892. The molecule has 4 rings (SSSR count). The van der Waals surface area contributed by atoms with Gasteiger partial charge in [-0.05, 0) is 69.0 Å². The van der Waals surface area contributed by atoms with Crippen molar-refractivity contribution in [1.82, 2.24) is 15.0 Å². The number of rotatable bonds is 17. The third-order valence-electron chi connectivity index (χ3n) is 8.39. The molecule has 6 N–H and O–H groups in total. The van der Waals surface area contributed by atoms with Gasteiger partial charge in [-0.15, -0.1) is 0 Å². The number of aliphatic hydroxyl groups excluding tert-OH is 4. The second-order valence-corrected chi connectivity index (χ2v) is 12.6. The molecule has 49 heavy (non-hydrogen) atoms. The van der Waals surface area contributed by atoms with Gasteiger partial charge in [0, 0.05) is 17.7 Å². The van der Waals surface area contributed by atoms with E-state index in [-0.39, 0.29) is 36.4 Å². The predicted octanol–water partition coefficient (Wildman–Crippen LogP) is 5.79. The molecule has 0 aliphatic heterocycles. The van der Waals surface area contributed by atoms with E-state index in [4.69, 9.17) is 19.4 Å². The Morgan fingerprint density at radius 1 is 0.571 bits per heavy atom. The van der Waals surface area contributed by atoms with E-state index < -0.39 is 24.4 Å². The van der Waals surface area contributed by atoms with Crippen molar-refractivity contribution in [2.75, 3.05) is 13.2 Å². The molecule has 0 spiro atoms. The lowest BCUT2D eigenvalue weighted by Gasteiger charge is -2.18. The average Bonchev–Trinajstić information content (AvgIpc) is 3.06. The number of unbranched alkanes of at least 4 members (excludes halogenated alkanes) is 2. The maximum atomic E-state index is 11.1. The molecule has 11 nitrogen and oxygen atoms in total. The molecule has 3 aromatic carbocycles. The molecule has 0 bridgehead atoms. The number of ether oxygens (including phenoxy) is 2. The number of phenolic OH excluding ortho intramolecular Hbond substituents is 2.